The molecular weight excluding hydrogens is 290 g/mol. The molecule has 2 rings (SSSR count). The molecule has 21 heavy (non-hydrogen) atoms. The molecular formula is C14H19N3O3S. The molecule has 2 heterocycles. The fourth-order valence-electron chi connectivity index (χ4n) is 1.91. The minimum Gasteiger partial charge on any atom is -0.465 e. The van der Waals surface area contributed by atoms with Gasteiger partial charge in [0.15, 0.2) is 5.03 Å². The predicted molar refractivity (Wildman–Crippen MR) is 79.1 cm³/mol. The van der Waals surface area contributed by atoms with Gasteiger partial charge in [-0.25, -0.2) is 13.4 Å². The summed E-state index contributed by atoms with van der Waals surface area (Å²) < 4.78 is 31.5. The van der Waals surface area contributed by atoms with Crippen LogP contribution in [0, 0.1) is 6.92 Å². The van der Waals surface area contributed by atoms with Gasteiger partial charge in [0.25, 0.3) is 10.0 Å². The molecule has 1 N–H and O–H groups in total. The Morgan fingerprint density at radius 3 is 2.57 bits per heavy atom. The van der Waals surface area contributed by atoms with E-state index in [9.17, 15) is 8.42 Å². The zero-order valence-corrected chi connectivity index (χ0v) is 13.1. The van der Waals surface area contributed by atoms with Crippen LogP contribution >= 0.6 is 0 Å². The number of furan rings is 1. The molecule has 2 aromatic heterocycles. The van der Waals surface area contributed by atoms with Crippen molar-refractivity contribution < 1.29 is 12.8 Å². The molecule has 0 aromatic carbocycles. The Kier molecular flexibility index (Phi) is 4.76. The lowest BCUT2D eigenvalue weighted by Crippen LogP contribution is -2.27. The number of aromatic nitrogens is 1. The molecule has 0 unspecified atom stereocenters. The number of pyridine rings is 1. The van der Waals surface area contributed by atoms with Crippen molar-refractivity contribution in [3.05, 3.63) is 47.5 Å². The van der Waals surface area contributed by atoms with Crippen molar-refractivity contribution in [1.82, 2.24) is 14.6 Å². The molecule has 7 heteroatoms. The van der Waals surface area contributed by atoms with Crippen molar-refractivity contribution in [3.8, 4) is 0 Å². The van der Waals surface area contributed by atoms with Crippen LogP contribution in [0.3, 0.4) is 0 Å². The first kappa shape index (κ1) is 15.7. The van der Waals surface area contributed by atoms with E-state index in [0.717, 1.165) is 11.3 Å². The Morgan fingerprint density at radius 1 is 1.29 bits per heavy atom. The SMILES string of the molecule is CNCc1ccc(S(=O)(=O)N(C)Cc2ccc(C)o2)nc1. The van der Waals surface area contributed by atoms with Gasteiger partial charge in [-0.2, -0.15) is 4.31 Å². The Labute approximate surface area is 124 Å². The molecule has 0 aliphatic carbocycles. The topological polar surface area (TPSA) is 75.4 Å². The van der Waals surface area contributed by atoms with E-state index in [-0.39, 0.29) is 11.6 Å². The second-order valence-corrected chi connectivity index (χ2v) is 6.80. The molecule has 0 saturated carbocycles. The molecule has 0 bridgehead atoms. The minimum atomic E-state index is -3.62. The highest BCUT2D eigenvalue weighted by Crippen LogP contribution is 2.16. The van der Waals surface area contributed by atoms with Crippen LogP contribution in [0.25, 0.3) is 0 Å². The third-order valence-electron chi connectivity index (χ3n) is 3.03. The number of nitrogens with zero attached hydrogens (tertiary/aromatic N) is 2. The van der Waals surface area contributed by atoms with Crippen LogP contribution in [0.15, 0.2) is 39.9 Å². The maximum atomic E-state index is 12.4. The molecule has 0 fully saturated rings. The fraction of sp³-hybridized carbons (Fsp3) is 0.357. The first-order valence-electron chi connectivity index (χ1n) is 6.54. The van der Waals surface area contributed by atoms with E-state index < -0.39 is 10.0 Å². The van der Waals surface area contributed by atoms with E-state index >= 15 is 0 Å². The van der Waals surface area contributed by atoms with E-state index in [4.69, 9.17) is 4.42 Å². The molecule has 2 aromatic rings. The van der Waals surface area contributed by atoms with Gasteiger partial charge in [-0.05, 0) is 37.7 Å². The van der Waals surface area contributed by atoms with Crippen LogP contribution in [0.4, 0.5) is 0 Å². The standard InChI is InChI=1S/C14H19N3O3S/c1-11-4-6-13(20-11)10-17(3)21(18,19)14-7-5-12(8-15-2)9-16-14/h4-7,9,15H,8,10H2,1-3H3. The van der Waals surface area contributed by atoms with Crippen LogP contribution in [-0.4, -0.2) is 31.8 Å². The number of hydrogen-bond acceptors (Lipinski definition) is 5. The van der Waals surface area contributed by atoms with Gasteiger partial charge >= 0.3 is 0 Å². The van der Waals surface area contributed by atoms with Gasteiger partial charge in [0, 0.05) is 19.8 Å². The zero-order valence-electron chi connectivity index (χ0n) is 12.3. The second-order valence-electron chi connectivity index (χ2n) is 4.81. The van der Waals surface area contributed by atoms with Crippen LogP contribution < -0.4 is 5.32 Å². The molecule has 0 spiro atoms. The van der Waals surface area contributed by atoms with E-state index in [0.29, 0.717) is 12.3 Å². The van der Waals surface area contributed by atoms with Crippen molar-refractivity contribution in [2.75, 3.05) is 14.1 Å². The minimum absolute atomic E-state index is 0.0353. The Bertz CT molecular complexity index is 693. The average Bonchev–Trinajstić information content (AvgIpc) is 2.85. The van der Waals surface area contributed by atoms with Gasteiger partial charge in [0.05, 0.1) is 6.54 Å². The molecule has 0 aliphatic heterocycles. The quantitative estimate of drug-likeness (QED) is 0.875. The smallest absolute Gasteiger partial charge is 0.260 e. The van der Waals surface area contributed by atoms with Gasteiger partial charge in [-0.15, -0.1) is 0 Å². The Hall–Kier alpha value is -1.70. The normalized spacial score (nSPS) is 12.0. The summed E-state index contributed by atoms with van der Waals surface area (Å²) in [7, 11) is -0.284. The molecule has 0 atom stereocenters. The van der Waals surface area contributed by atoms with Crippen molar-refractivity contribution in [3.63, 3.8) is 0 Å². The van der Waals surface area contributed by atoms with Crippen LogP contribution in [-0.2, 0) is 23.1 Å². The molecule has 0 aliphatic rings. The first-order chi connectivity index (χ1) is 9.93. The third kappa shape index (κ3) is 3.69. The molecule has 6 nitrogen and oxygen atoms in total. The summed E-state index contributed by atoms with van der Waals surface area (Å²) >= 11 is 0. The number of nitrogens with one attached hydrogen (secondary N) is 1. The molecule has 0 saturated heterocycles. The van der Waals surface area contributed by atoms with Crippen LogP contribution in [0.5, 0.6) is 0 Å². The van der Waals surface area contributed by atoms with Crippen molar-refractivity contribution in [2.45, 2.75) is 25.0 Å². The molecule has 114 valence electrons. The summed E-state index contributed by atoms with van der Waals surface area (Å²) in [6, 6.07) is 6.85. The monoisotopic (exact) mass is 309 g/mol. The number of rotatable bonds is 6. The predicted octanol–water partition coefficient (Wildman–Crippen LogP) is 1.52. The molecule has 0 amide bonds. The van der Waals surface area contributed by atoms with Crippen LogP contribution in [0.2, 0.25) is 0 Å². The summed E-state index contributed by atoms with van der Waals surface area (Å²) in [5, 5.41) is 3.02. The summed E-state index contributed by atoms with van der Waals surface area (Å²) in [5.41, 5.74) is 0.931. The highest BCUT2D eigenvalue weighted by molar-refractivity contribution is 7.89. The lowest BCUT2D eigenvalue weighted by atomic mass is 10.3. The Balaban J connectivity index is 2.16. The summed E-state index contributed by atoms with van der Waals surface area (Å²) in [4.78, 5) is 4.04. The summed E-state index contributed by atoms with van der Waals surface area (Å²) in [6.45, 7) is 2.64. The van der Waals surface area contributed by atoms with Gasteiger partial charge in [0.2, 0.25) is 0 Å². The van der Waals surface area contributed by atoms with Gasteiger partial charge in [-0.3, -0.25) is 0 Å². The number of hydrogen-bond donors (Lipinski definition) is 1. The lowest BCUT2D eigenvalue weighted by molar-refractivity contribution is 0.396. The van der Waals surface area contributed by atoms with E-state index in [2.05, 4.69) is 10.3 Å². The maximum Gasteiger partial charge on any atom is 0.260 e. The first-order valence-corrected chi connectivity index (χ1v) is 7.98. The van der Waals surface area contributed by atoms with E-state index in [1.165, 1.54) is 17.4 Å². The Morgan fingerprint density at radius 2 is 2.05 bits per heavy atom. The van der Waals surface area contributed by atoms with Crippen molar-refractivity contribution >= 4 is 10.0 Å². The molecule has 0 radical (unpaired) electrons. The number of aryl methyl sites for hydroxylation is 1. The van der Waals surface area contributed by atoms with Crippen molar-refractivity contribution in [1.29, 1.82) is 0 Å². The average molecular weight is 309 g/mol. The number of sulfonamides is 1. The van der Waals surface area contributed by atoms with E-state index in [1.54, 1.807) is 24.4 Å². The summed E-state index contributed by atoms with van der Waals surface area (Å²) in [5.74, 6) is 1.36. The fourth-order valence-corrected chi connectivity index (χ4v) is 2.95. The van der Waals surface area contributed by atoms with Crippen LogP contribution in [0.1, 0.15) is 17.1 Å². The summed E-state index contributed by atoms with van der Waals surface area (Å²) in [6.07, 6.45) is 1.56. The van der Waals surface area contributed by atoms with Gasteiger partial charge in [0.1, 0.15) is 11.5 Å². The second kappa shape index (κ2) is 6.38. The van der Waals surface area contributed by atoms with Crippen molar-refractivity contribution in [2.24, 2.45) is 0 Å². The van der Waals surface area contributed by atoms with E-state index in [1.807, 2.05) is 14.0 Å². The highest BCUT2D eigenvalue weighted by atomic mass is 32.2. The largest absolute Gasteiger partial charge is 0.465 e. The zero-order chi connectivity index (χ0) is 15.5. The van der Waals surface area contributed by atoms with Gasteiger partial charge < -0.3 is 9.73 Å². The van der Waals surface area contributed by atoms with Gasteiger partial charge in [-0.1, -0.05) is 6.07 Å². The third-order valence-corrected chi connectivity index (χ3v) is 4.75. The highest BCUT2D eigenvalue weighted by Gasteiger charge is 2.23. The maximum absolute atomic E-state index is 12.4. The lowest BCUT2D eigenvalue weighted by Gasteiger charge is -2.15.